The van der Waals surface area contributed by atoms with E-state index in [1.54, 1.807) is 12.1 Å². The highest BCUT2D eigenvalue weighted by Crippen LogP contribution is 2.37. The second kappa shape index (κ2) is 12.1. The summed E-state index contributed by atoms with van der Waals surface area (Å²) in [4.78, 5) is 10.7. The maximum Gasteiger partial charge on any atom is 0.329 e. The van der Waals surface area contributed by atoms with Gasteiger partial charge in [0.05, 0.1) is 6.61 Å². The van der Waals surface area contributed by atoms with Crippen molar-refractivity contribution >= 4 is 5.97 Å². The van der Waals surface area contributed by atoms with Gasteiger partial charge in [-0.1, -0.05) is 42.5 Å². The summed E-state index contributed by atoms with van der Waals surface area (Å²) in [6, 6.07) is 16.6. The number of ether oxygens (including phenoxy) is 1. The number of carboxylic acids is 1. The van der Waals surface area contributed by atoms with Crippen molar-refractivity contribution in [1.82, 2.24) is 9.78 Å². The topological polar surface area (TPSA) is 84.6 Å². The van der Waals surface area contributed by atoms with Gasteiger partial charge >= 0.3 is 5.97 Å². The molecule has 0 aliphatic heterocycles. The lowest BCUT2D eigenvalue weighted by Crippen LogP contribution is -2.24. The molecule has 1 aromatic heterocycles. The summed E-state index contributed by atoms with van der Waals surface area (Å²) in [5, 5.41) is 23.4. The Morgan fingerprint density at radius 2 is 1.74 bits per heavy atom. The summed E-state index contributed by atoms with van der Waals surface area (Å²) in [7, 11) is 0. The van der Waals surface area contributed by atoms with Gasteiger partial charge in [0.2, 0.25) is 0 Å². The third kappa shape index (κ3) is 6.55. The molecule has 1 aliphatic carbocycles. The molecule has 0 bridgehead atoms. The average Bonchev–Trinajstić information content (AvgIpc) is 3.22. The molecule has 2 aromatic carbocycles. The predicted octanol–water partition coefficient (Wildman–Crippen LogP) is 5.19. The maximum absolute atomic E-state index is 14.2. The minimum atomic E-state index is -0.934. The van der Waals surface area contributed by atoms with Crippen LogP contribution in [-0.2, 0) is 22.5 Å². The van der Waals surface area contributed by atoms with E-state index >= 15 is 0 Å². The molecule has 0 unspecified atom stereocenters. The molecule has 1 saturated carbocycles. The van der Waals surface area contributed by atoms with Gasteiger partial charge in [-0.2, -0.15) is 5.10 Å². The summed E-state index contributed by atoms with van der Waals surface area (Å²) in [5.41, 5.74) is 4.56. The van der Waals surface area contributed by atoms with Gasteiger partial charge in [0.15, 0.2) is 0 Å². The molecule has 0 radical (unpaired) electrons. The van der Waals surface area contributed by atoms with Crippen LogP contribution >= 0.6 is 0 Å². The summed E-state index contributed by atoms with van der Waals surface area (Å²) >= 11 is 0. The number of nitrogens with zero attached hydrogens (tertiary/aromatic N) is 2. The fraction of sp³-hybridized carbons (Fsp3) is 0.429. The average molecular weight is 481 g/mol. The van der Waals surface area contributed by atoms with E-state index in [0.29, 0.717) is 31.3 Å². The summed E-state index contributed by atoms with van der Waals surface area (Å²) in [6.07, 6.45) is 5.31. The molecule has 186 valence electrons. The highest BCUT2D eigenvalue weighted by Gasteiger charge is 2.26. The van der Waals surface area contributed by atoms with Crippen molar-refractivity contribution in [1.29, 1.82) is 0 Å². The normalized spacial score (nSPS) is 18.0. The fourth-order valence-electron chi connectivity index (χ4n) is 5.03. The van der Waals surface area contributed by atoms with Crippen molar-refractivity contribution in [3.05, 3.63) is 66.1 Å². The van der Waals surface area contributed by atoms with Crippen molar-refractivity contribution in [2.75, 3.05) is 19.8 Å². The molecule has 1 heterocycles. The summed E-state index contributed by atoms with van der Waals surface area (Å²) < 4.78 is 21.6. The van der Waals surface area contributed by atoms with Crippen molar-refractivity contribution in [2.45, 2.75) is 45.1 Å². The maximum atomic E-state index is 14.2. The van der Waals surface area contributed by atoms with Gasteiger partial charge in [-0.25, -0.2) is 9.18 Å². The Labute approximate surface area is 205 Å². The van der Waals surface area contributed by atoms with Crippen LogP contribution in [0.4, 0.5) is 4.39 Å². The number of hydrogen-bond donors (Lipinski definition) is 2. The highest BCUT2D eigenvalue weighted by atomic mass is 19.1. The van der Waals surface area contributed by atoms with E-state index in [1.165, 1.54) is 6.07 Å². The Morgan fingerprint density at radius 3 is 2.43 bits per heavy atom. The van der Waals surface area contributed by atoms with Gasteiger partial charge in [-0.05, 0) is 68.1 Å². The van der Waals surface area contributed by atoms with Crippen LogP contribution in [0.3, 0.4) is 0 Å². The Hall–Kier alpha value is -3.03. The highest BCUT2D eigenvalue weighted by molar-refractivity contribution is 5.82. The molecule has 7 heteroatoms. The molecule has 1 aliphatic rings. The molecule has 2 N–H and O–H groups in total. The monoisotopic (exact) mass is 480 g/mol. The van der Waals surface area contributed by atoms with E-state index in [4.69, 9.17) is 14.9 Å². The molecule has 3 aromatic rings. The van der Waals surface area contributed by atoms with Crippen molar-refractivity contribution in [2.24, 2.45) is 11.8 Å². The molecular formula is C28H33FN2O4. The number of aromatic nitrogens is 2. The number of aliphatic hydroxyl groups excluding tert-OH is 1. The van der Waals surface area contributed by atoms with E-state index in [1.807, 2.05) is 36.4 Å². The zero-order chi connectivity index (χ0) is 24.6. The molecule has 1 fully saturated rings. The van der Waals surface area contributed by atoms with Gasteiger partial charge in [0, 0.05) is 30.0 Å². The predicted molar refractivity (Wildman–Crippen MR) is 132 cm³/mol. The molecular weight excluding hydrogens is 447 g/mol. The number of halogens is 1. The summed E-state index contributed by atoms with van der Waals surface area (Å²) in [5.74, 6) is -0.385. The van der Waals surface area contributed by atoms with Gasteiger partial charge in [-0.15, -0.1) is 0 Å². The number of carbonyl (C=O) groups is 1. The molecule has 0 amide bonds. The smallest absolute Gasteiger partial charge is 0.329 e. The number of hydrogen-bond acceptors (Lipinski definition) is 4. The molecule has 6 nitrogen and oxygen atoms in total. The third-order valence-electron chi connectivity index (χ3n) is 6.77. The van der Waals surface area contributed by atoms with E-state index in [-0.39, 0.29) is 19.0 Å². The third-order valence-corrected chi connectivity index (χ3v) is 6.77. The van der Waals surface area contributed by atoms with Crippen molar-refractivity contribution < 1.29 is 24.1 Å². The molecule has 4 rings (SSSR count). The van der Waals surface area contributed by atoms with Gasteiger partial charge in [0.25, 0.3) is 0 Å². The standard InChI is InChI=1S/C28H33FN2O4/c29-24-9-4-8-23(16-24)27-25(10-5-15-32)31(30-28(27)22-6-2-1-3-7-22)17-20-11-13-21(14-12-20)18-35-19-26(33)34/h1-4,6-9,16,20-21,32H,5,10-15,17-19H2,(H,33,34)/t20-,21+. The van der Waals surface area contributed by atoms with Crippen LogP contribution in [0.2, 0.25) is 0 Å². The first-order chi connectivity index (χ1) is 17.0. The second-order valence-electron chi connectivity index (χ2n) is 9.35. The van der Waals surface area contributed by atoms with Crippen molar-refractivity contribution in [3.63, 3.8) is 0 Å². The van der Waals surface area contributed by atoms with Gasteiger partial charge < -0.3 is 14.9 Å². The number of aliphatic carboxylic acids is 1. The van der Waals surface area contributed by atoms with Crippen LogP contribution in [0, 0.1) is 17.7 Å². The first-order valence-electron chi connectivity index (χ1n) is 12.4. The van der Waals surface area contributed by atoms with E-state index in [0.717, 1.165) is 60.3 Å². The Balaban J connectivity index is 1.60. The Kier molecular flexibility index (Phi) is 8.66. The Bertz CT molecular complexity index is 1110. The molecule has 0 atom stereocenters. The molecule has 0 saturated heterocycles. The minimum Gasteiger partial charge on any atom is -0.480 e. The van der Waals surface area contributed by atoms with Crippen LogP contribution < -0.4 is 0 Å². The second-order valence-corrected chi connectivity index (χ2v) is 9.35. The zero-order valence-electron chi connectivity index (χ0n) is 19.9. The molecule has 0 spiro atoms. The lowest BCUT2D eigenvalue weighted by Gasteiger charge is -2.28. The summed E-state index contributed by atoms with van der Waals surface area (Å²) in [6.45, 7) is 1.09. The van der Waals surface area contributed by atoms with Crippen LogP contribution in [0.25, 0.3) is 22.4 Å². The SMILES string of the molecule is O=C(O)COC[C@H]1CC[C@@H](Cn2nc(-c3ccccc3)c(-c3cccc(F)c3)c2CCCO)CC1. The van der Waals surface area contributed by atoms with Crippen LogP contribution in [0.15, 0.2) is 54.6 Å². The number of aliphatic hydroxyl groups is 1. The van der Waals surface area contributed by atoms with Gasteiger partial charge in [-0.3, -0.25) is 4.68 Å². The quantitative estimate of drug-likeness (QED) is 0.395. The van der Waals surface area contributed by atoms with Crippen LogP contribution in [0.1, 0.15) is 37.8 Å². The van der Waals surface area contributed by atoms with Crippen molar-refractivity contribution in [3.8, 4) is 22.4 Å². The van der Waals surface area contributed by atoms with E-state index in [9.17, 15) is 14.3 Å². The number of rotatable bonds is 11. The first kappa shape index (κ1) is 25.1. The van der Waals surface area contributed by atoms with Crippen LogP contribution in [0.5, 0.6) is 0 Å². The largest absolute Gasteiger partial charge is 0.480 e. The number of carboxylic acid groups (broad SMARTS) is 1. The zero-order valence-corrected chi connectivity index (χ0v) is 19.9. The minimum absolute atomic E-state index is 0.0793. The molecule has 35 heavy (non-hydrogen) atoms. The van der Waals surface area contributed by atoms with E-state index in [2.05, 4.69) is 4.68 Å². The lowest BCUT2D eigenvalue weighted by molar-refractivity contribution is -0.142. The lowest BCUT2D eigenvalue weighted by atomic mass is 9.82. The van der Waals surface area contributed by atoms with Gasteiger partial charge in [0.1, 0.15) is 18.1 Å². The number of benzene rings is 2. The fourth-order valence-corrected chi connectivity index (χ4v) is 5.03. The van der Waals surface area contributed by atoms with E-state index < -0.39 is 5.97 Å². The first-order valence-corrected chi connectivity index (χ1v) is 12.4. The Morgan fingerprint density at radius 1 is 1.03 bits per heavy atom. The van der Waals surface area contributed by atoms with Crippen LogP contribution in [-0.4, -0.2) is 45.8 Å².